The van der Waals surface area contributed by atoms with E-state index in [1.807, 2.05) is 0 Å². The molecule has 135 valence electrons. The standard InChI is InChI=1S/C22H25Si.2ClH.Zr/c1-14(2)19-13-20-17(7-6-8-18(20)21(19)23)15-9-11-16(12-10-15)22(3,4)5;;;/h6-14,21H,1-5H3;2*1H;/q;;;+2/p-2. The number of benzene rings is 2. The zero-order valence-corrected chi connectivity index (χ0v) is 21.0. The van der Waals surface area contributed by atoms with E-state index in [2.05, 4.69) is 93.4 Å². The van der Waals surface area contributed by atoms with E-state index in [0.29, 0.717) is 11.5 Å². The summed E-state index contributed by atoms with van der Waals surface area (Å²) in [6.45, 7) is 11.3. The van der Waals surface area contributed by atoms with Gasteiger partial charge in [0.2, 0.25) is 0 Å². The van der Waals surface area contributed by atoms with Gasteiger partial charge in [0.25, 0.3) is 0 Å². The number of halogens is 2. The van der Waals surface area contributed by atoms with Crippen LogP contribution in [0.3, 0.4) is 0 Å². The van der Waals surface area contributed by atoms with Crippen LogP contribution in [0.15, 0.2) is 48.0 Å². The fourth-order valence-corrected chi connectivity index (χ4v) is 4.00. The first-order valence-corrected chi connectivity index (χ1v) is 15.7. The second-order valence-corrected chi connectivity index (χ2v) is 12.2. The van der Waals surface area contributed by atoms with Gasteiger partial charge in [-0.3, -0.25) is 0 Å². The summed E-state index contributed by atoms with van der Waals surface area (Å²) in [7, 11) is 13.8. The van der Waals surface area contributed by atoms with E-state index in [1.165, 1.54) is 33.4 Å². The van der Waals surface area contributed by atoms with Crippen molar-refractivity contribution < 1.29 is 20.8 Å². The van der Waals surface area contributed by atoms with Crippen LogP contribution in [-0.2, 0) is 26.3 Å². The van der Waals surface area contributed by atoms with Gasteiger partial charge in [-0.15, -0.1) is 0 Å². The molecule has 26 heavy (non-hydrogen) atoms. The molecule has 1 atom stereocenters. The van der Waals surface area contributed by atoms with E-state index in [9.17, 15) is 0 Å². The Kier molecular flexibility index (Phi) is 7.99. The van der Waals surface area contributed by atoms with Gasteiger partial charge in [-0.1, -0.05) is 88.7 Å². The van der Waals surface area contributed by atoms with Crippen molar-refractivity contribution >= 4 is 33.3 Å². The number of fused-ring (bicyclic) bond motifs is 1. The Balaban J connectivity index is 0.000000758. The first-order chi connectivity index (χ1) is 12.2. The Morgan fingerprint density at radius 2 is 1.58 bits per heavy atom. The predicted octanol–water partition coefficient (Wildman–Crippen LogP) is 7.29. The third kappa shape index (κ3) is 5.02. The molecule has 1 aliphatic carbocycles. The van der Waals surface area contributed by atoms with Crippen molar-refractivity contribution in [2.45, 2.75) is 45.6 Å². The second-order valence-electron chi connectivity index (χ2n) is 7.94. The summed E-state index contributed by atoms with van der Waals surface area (Å²) in [5, 5.41) is 0. The Morgan fingerprint density at radius 1 is 1.00 bits per heavy atom. The Bertz CT molecular complexity index is 774. The Morgan fingerprint density at radius 3 is 2.08 bits per heavy atom. The molecule has 3 radical (unpaired) electrons. The molecule has 0 N–H and O–H groups in total. The van der Waals surface area contributed by atoms with E-state index >= 15 is 0 Å². The topological polar surface area (TPSA) is 0 Å². The predicted molar refractivity (Wildman–Crippen MR) is 114 cm³/mol. The zero-order valence-electron chi connectivity index (χ0n) is 16.0. The molecule has 0 aromatic heterocycles. The van der Waals surface area contributed by atoms with E-state index < -0.39 is 20.8 Å². The van der Waals surface area contributed by atoms with Gasteiger partial charge < -0.3 is 0 Å². The number of hydrogen-bond acceptors (Lipinski definition) is 0. The van der Waals surface area contributed by atoms with E-state index in [4.69, 9.17) is 17.0 Å². The van der Waals surface area contributed by atoms with Crippen LogP contribution in [0, 0.1) is 5.92 Å². The quantitative estimate of drug-likeness (QED) is 0.397. The van der Waals surface area contributed by atoms with E-state index in [-0.39, 0.29) is 5.41 Å². The summed E-state index contributed by atoms with van der Waals surface area (Å²) in [4.78, 5) is 0. The third-order valence-electron chi connectivity index (χ3n) is 4.82. The van der Waals surface area contributed by atoms with Crippen molar-refractivity contribution in [1.82, 2.24) is 0 Å². The van der Waals surface area contributed by atoms with Crippen LogP contribution in [-0.4, -0.2) is 10.2 Å². The Labute approximate surface area is 180 Å². The molecule has 0 spiro atoms. The summed E-state index contributed by atoms with van der Waals surface area (Å²) in [6, 6.07) is 15.7. The fourth-order valence-electron chi connectivity index (χ4n) is 3.33. The summed E-state index contributed by atoms with van der Waals surface area (Å²) < 4.78 is 0. The van der Waals surface area contributed by atoms with E-state index in [1.54, 1.807) is 0 Å². The van der Waals surface area contributed by atoms with Gasteiger partial charge in [-0.05, 0) is 44.7 Å². The first kappa shape index (κ1) is 22.2. The van der Waals surface area contributed by atoms with Crippen LogP contribution in [0.2, 0.25) is 0 Å². The van der Waals surface area contributed by atoms with Gasteiger partial charge in [0.15, 0.2) is 0 Å². The molecule has 0 aliphatic heterocycles. The van der Waals surface area contributed by atoms with Crippen LogP contribution in [0.25, 0.3) is 17.2 Å². The van der Waals surface area contributed by atoms with E-state index in [0.717, 1.165) is 0 Å². The number of hydrogen-bond donors (Lipinski definition) is 0. The third-order valence-corrected chi connectivity index (χ3v) is 5.47. The molecular formula is C22H25Cl2SiZr. The van der Waals surface area contributed by atoms with Crippen LogP contribution in [0.1, 0.15) is 56.9 Å². The molecule has 0 bridgehead atoms. The molecule has 4 heteroatoms. The SMILES string of the molecule is CC(C)C1=Cc2c(-c3ccc(C(C)(C)C)cc3)cccc2C1[Si].[Cl][Zr][Cl]. The van der Waals surface area contributed by atoms with Gasteiger partial charge in [-0.25, -0.2) is 0 Å². The summed E-state index contributed by atoms with van der Waals surface area (Å²) >= 11 is -0.826. The van der Waals surface area contributed by atoms with Crippen molar-refractivity contribution in [1.29, 1.82) is 0 Å². The molecule has 1 unspecified atom stereocenters. The normalized spacial score (nSPS) is 15.9. The van der Waals surface area contributed by atoms with Crippen molar-refractivity contribution in [2.24, 2.45) is 5.92 Å². The molecule has 0 saturated heterocycles. The first-order valence-electron chi connectivity index (χ1n) is 8.83. The molecule has 0 fully saturated rings. The molecular weight excluding hydrogens is 454 g/mol. The average molecular weight is 480 g/mol. The summed E-state index contributed by atoms with van der Waals surface area (Å²) in [5.74, 6) is 0.556. The zero-order chi connectivity index (χ0) is 19.5. The number of rotatable bonds is 2. The van der Waals surface area contributed by atoms with Crippen molar-refractivity contribution in [2.75, 3.05) is 0 Å². The summed E-state index contributed by atoms with van der Waals surface area (Å²) in [6.07, 6.45) is 2.38. The minimum absolute atomic E-state index is 0.197. The molecule has 3 rings (SSSR count). The molecule has 0 saturated carbocycles. The van der Waals surface area contributed by atoms with Crippen LogP contribution in [0.4, 0.5) is 0 Å². The van der Waals surface area contributed by atoms with Crippen LogP contribution in [0.5, 0.6) is 0 Å². The maximum atomic E-state index is 4.93. The molecule has 0 heterocycles. The summed E-state index contributed by atoms with van der Waals surface area (Å²) in [5.41, 5.74) is 8.79. The molecule has 0 amide bonds. The number of allylic oxidation sites excluding steroid dienone is 1. The van der Waals surface area contributed by atoms with Crippen molar-refractivity contribution in [3.05, 3.63) is 64.7 Å². The van der Waals surface area contributed by atoms with Gasteiger partial charge in [-0.2, -0.15) is 0 Å². The van der Waals surface area contributed by atoms with Crippen LogP contribution < -0.4 is 0 Å². The molecule has 0 nitrogen and oxygen atoms in total. The fraction of sp³-hybridized carbons (Fsp3) is 0.364. The monoisotopic (exact) mass is 477 g/mol. The molecule has 2 aromatic carbocycles. The molecule has 2 aromatic rings. The average Bonchev–Trinajstić information content (AvgIpc) is 2.92. The van der Waals surface area contributed by atoms with Gasteiger partial charge in [0.05, 0.1) is 0 Å². The second kappa shape index (κ2) is 9.37. The minimum atomic E-state index is -0.826. The van der Waals surface area contributed by atoms with Crippen molar-refractivity contribution in [3.8, 4) is 11.1 Å². The van der Waals surface area contributed by atoms with Crippen molar-refractivity contribution in [3.63, 3.8) is 0 Å². The molecule has 1 aliphatic rings. The van der Waals surface area contributed by atoms with Gasteiger partial charge in [0, 0.05) is 10.2 Å². The maximum absolute atomic E-state index is 4.93. The van der Waals surface area contributed by atoms with Crippen LogP contribution >= 0.6 is 17.0 Å². The van der Waals surface area contributed by atoms with Gasteiger partial charge in [0.1, 0.15) is 0 Å². The Hall–Kier alpha value is -0.140. The van der Waals surface area contributed by atoms with Gasteiger partial charge >= 0.3 is 37.9 Å².